The van der Waals surface area contributed by atoms with Crippen molar-refractivity contribution in [2.45, 2.75) is 0 Å². The van der Waals surface area contributed by atoms with Gasteiger partial charge in [-0.15, -0.1) is 0 Å². The Labute approximate surface area is 177 Å². The molecule has 0 aliphatic heterocycles. The number of methoxy groups -OCH3 is 2. The third kappa shape index (κ3) is 31.6. The van der Waals surface area contributed by atoms with Crippen molar-refractivity contribution in [2.24, 2.45) is 0 Å². The third-order valence-electron chi connectivity index (χ3n) is 1.99. The molecule has 0 amide bonds. The van der Waals surface area contributed by atoms with Gasteiger partial charge < -0.3 is 18.9 Å². The van der Waals surface area contributed by atoms with Gasteiger partial charge in [0.2, 0.25) is 0 Å². The Morgan fingerprint density at radius 2 is 0.733 bits per heavy atom. The van der Waals surface area contributed by atoms with Crippen LogP contribution in [0.2, 0.25) is 0 Å². The minimum atomic E-state index is -0.514. The highest BCUT2D eigenvalue weighted by Crippen LogP contribution is 1.94. The topological polar surface area (TPSA) is 105 Å². The SMILES string of the molecule is C=CC(=C)OC(=O)C=C.C=CC(=C)OC(=O)C=C.C=CC(=O)OC.C=CC(=O)OC. The first-order valence-electron chi connectivity index (χ1n) is 7.75. The number of hydrogen-bond donors (Lipinski definition) is 0. The fourth-order valence-electron chi connectivity index (χ4n) is 0.592. The molecule has 0 spiro atoms. The van der Waals surface area contributed by atoms with E-state index in [1.807, 2.05) is 0 Å². The maximum atomic E-state index is 10.3. The van der Waals surface area contributed by atoms with Crippen molar-refractivity contribution in [1.29, 1.82) is 0 Å². The molecule has 0 N–H and O–H groups in total. The lowest BCUT2D eigenvalue weighted by Gasteiger charge is -1.96. The molecule has 0 saturated heterocycles. The number of ether oxygens (including phenoxy) is 4. The average molecular weight is 420 g/mol. The monoisotopic (exact) mass is 420 g/mol. The third-order valence-corrected chi connectivity index (χ3v) is 1.99. The fourth-order valence-corrected chi connectivity index (χ4v) is 0.592. The molecule has 0 aromatic carbocycles. The van der Waals surface area contributed by atoms with Gasteiger partial charge in [0, 0.05) is 24.3 Å². The number of hydrogen-bond acceptors (Lipinski definition) is 8. The number of allylic oxidation sites excluding steroid dienone is 2. The van der Waals surface area contributed by atoms with E-state index >= 15 is 0 Å². The zero-order valence-corrected chi connectivity index (χ0v) is 17.4. The number of esters is 4. The van der Waals surface area contributed by atoms with E-state index in [9.17, 15) is 19.2 Å². The summed E-state index contributed by atoms with van der Waals surface area (Å²) in [6.07, 6.45) is 7.05. The van der Waals surface area contributed by atoms with Crippen LogP contribution >= 0.6 is 0 Å². The van der Waals surface area contributed by atoms with Crippen molar-refractivity contribution in [2.75, 3.05) is 14.2 Å². The zero-order valence-electron chi connectivity index (χ0n) is 17.4. The molecule has 0 fully saturated rings. The van der Waals surface area contributed by atoms with Crippen LogP contribution in [0.5, 0.6) is 0 Å². The van der Waals surface area contributed by atoms with E-state index in [2.05, 4.69) is 71.6 Å². The molecule has 0 saturated carbocycles. The molecule has 0 heterocycles. The predicted octanol–water partition coefficient (Wildman–Crippen LogP) is 3.52. The first kappa shape index (κ1) is 33.4. The second-order valence-corrected chi connectivity index (χ2v) is 4.05. The second kappa shape index (κ2) is 24.8. The minimum absolute atomic E-state index is 0.236. The van der Waals surface area contributed by atoms with E-state index in [0.29, 0.717) is 0 Å². The van der Waals surface area contributed by atoms with Crippen LogP contribution in [0.25, 0.3) is 0 Å². The van der Waals surface area contributed by atoms with Gasteiger partial charge in [-0.05, 0) is 12.2 Å². The molecule has 164 valence electrons. The molecule has 0 aromatic rings. The molecule has 0 atom stereocenters. The van der Waals surface area contributed by atoms with E-state index in [4.69, 9.17) is 0 Å². The minimum Gasteiger partial charge on any atom is -0.466 e. The Bertz CT molecular complexity index is 575. The molecule has 0 rings (SSSR count). The van der Waals surface area contributed by atoms with Crippen molar-refractivity contribution in [3.8, 4) is 0 Å². The van der Waals surface area contributed by atoms with Crippen molar-refractivity contribution in [3.63, 3.8) is 0 Å². The molecule has 8 nitrogen and oxygen atoms in total. The van der Waals surface area contributed by atoms with Crippen molar-refractivity contribution >= 4 is 23.9 Å². The molecule has 0 bridgehead atoms. The Morgan fingerprint density at radius 3 is 0.833 bits per heavy atom. The highest BCUT2D eigenvalue weighted by atomic mass is 16.5. The fraction of sp³-hybridized carbons (Fsp3) is 0.0909. The van der Waals surface area contributed by atoms with Gasteiger partial charge in [-0.2, -0.15) is 0 Å². The molecule has 8 heteroatoms. The Balaban J connectivity index is -0.000000153. The van der Waals surface area contributed by atoms with Crippen LogP contribution < -0.4 is 0 Å². The molecule has 0 aromatic heterocycles. The standard InChI is InChI=1S/2C7H8O2.2C4H6O2/c2*1-4-6(3)9-7(8)5-2;2*1-3-4(5)6-2/h2*4-5H,1-3H2;2*3H,1H2,2H3. The maximum Gasteiger partial charge on any atom is 0.335 e. The normalized spacial score (nSPS) is 7.27. The highest BCUT2D eigenvalue weighted by molar-refractivity contribution is 5.82. The van der Waals surface area contributed by atoms with Crippen molar-refractivity contribution in [3.05, 3.63) is 101 Å². The summed E-state index contributed by atoms with van der Waals surface area (Å²) in [5, 5.41) is 0. The lowest BCUT2D eigenvalue weighted by atomic mass is 10.5. The van der Waals surface area contributed by atoms with Gasteiger partial charge in [-0.25, -0.2) is 19.2 Å². The molecule has 30 heavy (non-hydrogen) atoms. The van der Waals surface area contributed by atoms with E-state index < -0.39 is 23.9 Å². The van der Waals surface area contributed by atoms with Gasteiger partial charge in [0.1, 0.15) is 11.5 Å². The zero-order chi connectivity index (χ0) is 24.5. The second-order valence-electron chi connectivity index (χ2n) is 4.05. The summed E-state index contributed by atoms with van der Waals surface area (Å²) in [6.45, 7) is 26.1. The van der Waals surface area contributed by atoms with Gasteiger partial charge in [0.05, 0.1) is 14.2 Å². The summed E-state index contributed by atoms with van der Waals surface area (Å²) in [4.78, 5) is 40.3. The molecule has 0 unspecified atom stereocenters. The van der Waals surface area contributed by atoms with Crippen molar-refractivity contribution in [1.82, 2.24) is 0 Å². The molecule has 0 aliphatic carbocycles. The molecule has 0 radical (unpaired) electrons. The van der Waals surface area contributed by atoms with Gasteiger partial charge in [-0.3, -0.25) is 0 Å². The Morgan fingerprint density at radius 1 is 0.500 bits per heavy atom. The largest absolute Gasteiger partial charge is 0.466 e. The first-order valence-corrected chi connectivity index (χ1v) is 7.75. The van der Waals surface area contributed by atoms with Gasteiger partial charge in [0.25, 0.3) is 0 Å². The van der Waals surface area contributed by atoms with E-state index in [1.54, 1.807) is 0 Å². The van der Waals surface area contributed by atoms with Gasteiger partial charge >= 0.3 is 23.9 Å². The summed E-state index contributed by atoms with van der Waals surface area (Å²) in [5.41, 5.74) is 0. The highest BCUT2D eigenvalue weighted by Gasteiger charge is 1.94. The number of rotatable bonds is 8. The summed E-state index contributed by atoms with van der Waals surface area (Å²) < 4.78 is 17.2. The Kier molecular flexibility index (Phi) is 27.6. The summed E-state index contributed by atoms with van der Waals surface area (Å²) in [7, 11) is 2.62. The van der Waals surface area contributed by atoms with Gasteiger partial charge in [0.15, 0.2) is 0 Å². The van der Waals surface area contributed by atoms with E-state index in [0.717, 1.165) is 24.3 Å². The van der Waals surface area contributed by atoms with Crippen molar-refractivity contribution < 1.29 is 38.1 Å². The van der Waals surface area contributed by atoms with Gasteiger partial charge in [-0.1, -0.05) is 52.6 Å². The lowest BCUT2D eigenvalue weighted by molar-refractivity contribution is -0.135. The summed E-state index contributed by atoms with van der Waals surface area (Å²) in [5.74, 6) is -1.34. The summed E-state index contributed by atoms with van der Waals surface area (Å²) >= 11 is 0. The van der Waals surface area contributed by atoms with E-state index in [-0.39, 0.29) is 11.5 Å². The van der Waals surface area contributed by atoms with Crippen LogP contribution in [0.3, 0.4) is 0 Å². The number of carbonyl (C=O) groups excluding carboxylic acids is 4. The maximum absolute atomic E-state index is 10.3. The van der Waals surface area contributed by atoms with Crippen LogP contribution in [0.1, 0.15) is 0 Å². The molecular weight excluding hydrogens is 392 g/mol. The predicted molar refractivity (Wildman–Crippen MR) is 116 cm³/mol. The average Bonchev–Trinajstić information content (AvgIpc) is 2.78. The van der Waals surface area contributed by atoms with Crippen LogP contribution in [-0.2, 0) is 38.1 Å². The quantitative estimate of drug-likeness (QED) is 0.193. The van der Waals surface area contributed by atoms with Crippen LogP contribution in [-0.4, -0.2) is 38.1 Å². The molecule has 0 aliphatic rings. The smallest absolute Gasteiger partial charge is 0.335 e. The van der Waals surface area contributed by atoms with Crippen LogP contribution in [0.15, 0.2) is 101 Å². The summed E-state index contributed by atoms with van der Waals surface area (Å²) in [6, 6.07) is 0. The first-order chi connectivity index (χ1) is 14.0. The number of carbonyl (C=O) groups is 4. The van der Waals surface area contributed by atoms with E-state index in [1.165, 1.54) is 26.4 Å². The Hall–Kier alpha value is -4.20. The van der Waals surface area contributed by atoms with Crippen LogP contribution in [0, 0.1) is 0 Å². The lowest BCUT2D eigenvalue weighted by Crippen LogP contribution is -1.96. The molecular formula is C22H28O8. The van der Waals surface area contributed by atoms with Crippen LogP contribution in [0.4, 0.5) is 0 Å².